The summed E-state index contributed by atoms with van der Waals surface area (Å²) >= 11 is 0. The molecule has 1 unspecified atom stereocenters. The summed E-state index contributed by atoms with van der Waals surface area (Å²) in [6.07, 6.45) is -0.965. The van der Waals surface area contributed by atoms with Crippen molar-refractivity contribution >= 4 is 6.09 Å². The van der Waals surface area contributed by atoms with Crippen molar-refractivity contribution in [1.82, 2.24) is 9.80 Å². The van der Waals surface area contributed by atoms with Crippen LogP contribution in [-0.4, -0.2) is 66.9 Å². The van der Waals surface area contributed by atoms with E-state index in [1.165, 1.54) is 4.90 Å². The lowest BCUT2D eigenvalue weighted by Crippen LogP contribution is -2.59. The molecule has 2 saturated heterocycles. The summed E-state index contributed by atoms with van der Waals surface area (Å²) in [6, 6.07) is 7.68. The van der Waals surface area contributed by atoms with Crippen molar-refractivity contribution < 1.29 is 19.4 Å². The van der Waals surface area contributed by atoms with Gasteiger partial charge in [0.2, 0.25) is 0 Å². The lowest BCUT2D eigenvalue weighted by molar-refractivity contribution is -0.0867. The smallest absolute Gasteiger partial charge is 0.407 e. The molecule has 2 aliphatic heterocycles. The molecule has 7 heteroatoms. The zero-order valence-electron chi connectivity index (χ0n) is 12.9. The fraction of sp³-hybridized carbons (Fsp3) is 0.500. The maximum Gasteiger partial charge on any atom is 0.407 e. The highest BCUT2D eigenvalue weighted by atomic mass is 16.5. The number of morpholine rings is 1. The van der Waals surface area contributed by atoms with Crippen LogP contribution in [0.1, 0.15) is 17.2 Å². The Kier molecular flexibility index (Phi) is 4.37. The highest BCUT2D eigenvalue weighted by Crippen LogP contribution is 2.30. The molecule has 0 saturated carbocycles. The minimum absolute atomic E-state index is 0.0933. The molecular formula is C16H19N3O4. The van der Waals surface area contributed by atoms with Crippen LogP contribution in [-0.2, 0) is 4.74 Å². The predicted octanol–water partition coefficient (Wildman–Crippen LogP) is 1.30. The molecule has 0 spiro atoms. The number of carbonyl (C=O) groups is 1. The summed E-state index contributed by atoms with van der Waals surface area (Å²) in [5.41, 5.74) is 1.47. The van der Waals surface area contributed by atoms with Gasteiger partial charge >= 0.3 is 6.09 Å². The number of methoxy groups -OCH3 is 1. The SMILES string of the molecule is COc1cc(C2CN3CCN(C(=O)O)C[C@@H]3CO2)ccc1C#N. The van der Waals surface area contributed by atoms with Gasteiger partial charge in [0.1, 0.15) is 11.8 Å². The molecular weight excluding hydrogens is 298 g/mol. The Morgan fingerprint density at radius 3 is 2.96 bits per heavy atom. The quantitative estimate of drug-likeness (QED) is 0.885. The summed E-state index contributed by atoms with van der Waals surface area (Å²) in [7, 11) is 1.54. The van der Waals surface area contributed by atoms with Crippen LogP contribution in [0.15, 0.2) is 18.2 Å². The van der Waals surface area contributed by atoms with Gasteiger partial charge in [0.05, 0.1) is 31.4 Å². The van der Waals surface area contributed by atoms with Crippen molar-refractivity contribution in [2.45, 2.75) is 12.1 Å². The third kappa shape index (κ3) is 3.09. The molecule has 1 amide bonds. The van der Waals surface area contributed by atoms with Crippen LogP contribution in [0.4, 0.5) is 4.79 Å². The lowest BCUT2D eigenvalue weighted by atomic mass is 10.0. The number of nitriles is 1. The first-order valence-electron chi connectivity index (χ1n) is 7.54. The highest BCUT2D eigenvalue weighted by Gasteiger charge is 2.35. The zero-order chi connectivity index (χ0) is 16.4. The maximum absolute atomic E-state index is 11.1. The van der Waals surface area contributed by atoms with E-state index >= 15 is 0 Å². The number of piperazine rings is 1. The summed E-state index contributed by atoms with van der Waals surface area (Å²) in [6.45, 7) is 2.93. The Morgan fingerprint density at radius 2 is 2.26 bits per heavy atom. The van der Waals surface area contributed by atoms with Gasteiger partial charge in [0, 0.05) is 26.2 Å². The van der Waals surface area contributed by atoms with Crippen LogP contribution in [0.3, 0.4) is 0 Å². The molecule has 1 aromatic carbocycles. The van der Waals surface area contributed by atoms with E-state index in [2.05, 4.69) is 11.0 Å². The standard InChI is InChI=1S/C16H19N3O4/c1-22-14-6-11(2-3-12(14)7-17)15-9-18-4-5-19(16(20)21)8-13(18)10-23-15/h2-3,6,13,15H,4-5,8-10H2,1H3,(H,20,21)/t13-,15?/m1/s1. The van der Waals surface area contributed by atoms with Gasteiger partial charge in [-0.25, -0.2) is 4.79 Å². The topological polar surface area (TPSA) is 86.0 Å². The molecule has 0 bridgehead atoms. The monoisotopic (exact) mass is 317 g/mol. The largest absolute Gasteiger partial charge is 0.495 e. The second-order valence-electron chi connectivity index (χ2n) is 5.77. The molecule has 3 rings (SSSR count). The molecule has 7 nitrogen and oxygen atoms in total. The number of ether oxygens (including phenoxy) is 2. The van der Waals surface area contributed by atoms with Crippen molar-refractivity contribution in [3.63, 3.8) is 0 Å². The van der Waals surface area contributed by atoms with E-state index in [1.807, 2.05) is 12.1 Å². The number of carboxylic acid groups (broad SMARTS) is 1. The van der Waals surface area contributed by atoms with E-state index in [4.69, 9.17) is 19.8 Å². The fourth-order valence-corrected chi connectivity index (χ4v) is 3.16. The van der Waals surface area contributed by atoms with Gasteiger partial charge in [-0.2, -0.15) is 5.26 Å². The molecule has 0 aliphatic carbocycles. The molecule has 2 fully saturated rings. The van der Waals surface area contributed by atoms with Crippen molar-refractivity contribution in [1.29, 1.82) is 5.26 Å². The molecule has 1 N–H and O–H groups in total. The lowest BCUT2D eigenvalue weighted by Gasteiger charge is -2.45. The van der Waals surface area contributed by atoms with E-state index in [0.717, 1.165) is 5.56 Å². The zero-order valence-corrected chi connectivity index (χ0v) is 12.9. The summed E-state index contributed by atoms with van der Waals surface area (Å²) < 4.78 is 11.2. The Hall–Kier alpha value is -2.30. The third-order valence-electron chi connectivity index (χ3n) is 4.48. The maximum atomic E-state index is 11.1. The van der Waals surface area contributed by atoms with Gasteiger partial charge in [-0.1, -0.05) is 6.07 Å². The molecule has 0 radical (unpaired) electrons. The number of amides is 1. The number of hydrogen-bond acceptors (Lipinski definition) is 5. The van der Waals surface area contributed by atoms with Crippen LogP contribution in [0.5, 0.6) is 5.75 Å². The average Bonchev–Trinajstić information content (AvgIpc) is 2.60. The summed E-state index contributed by atoms with van der Waals surface area (Å²) in [5, 5.41) is 18.1. The number of rotatable bonds is 2. The van der Waals surface area contributed by atoms with Crippen LogP contribution >= 0.6 is 0 Å². The highest BCUT2D eigenvalue weighted by molar-refractivity contribution is 5.65. The summed E-state index contributed by atoms with van der Waals surface area (Å²) in [4.78, 5) is 14.8. The molecule has 23 heavy (non-hydrogen) atoms. The Morgan fingerprint density at radius 1 is 1.43 bits per heavy atom. The van der Waals surface area contributed by atoms with Crippen molar-refractivity contribution in [3.8, 4) is 11.8 Å². The van der Waals surface area contributed by atoms with E-state index in [1.54, 1.807) is 13.2 Å². The van der Waals surface area contributed by atoms with E-state index in [-0.39, 0.29) is 12.1 Å². The first-order valence-corrected chi connectivity index (χ1v) is 7.54. The number of fused-ring (bicyclic) bond motifs is 1. The number of nitrogens with zero attached hydrogens (tertiary/aromatic N) is 3. The third-order valence-corrected chi connectivity index (χ3v) is 4.48. The van der Waals surface area contributed by atoms with Crippen LogP contribution in [0.25, 0.3) is 0 Å². The van der Waals surface area contributed by atoms with Gasteiger partial charge in [-0.15, -0.1) is 0 Å². The van der Waals surface area contributed by atoms with Gasteiger partial charge in [0.25, 0.3) is 0 Å². The van der Waals surface area contributed by atoms with Gasteiger partial charge < -0.3 is 19.5 Å². The molecule has 2 aliphatic rings. The molecule has 1 aromatic rings. The van der Waals surface area contributed by atoms with Gasteiger partial charge in [-0.3, -0.25) is 4.90 Å². The normalized spacial score (nSPS) is 24.6. The van der Waals surface area contributed by atoms with Crippen molar-refractivity contribution in [3.05, 3.63) is 29.3 Å². The number of benzene rings is 1. The van der Waals surface area contributed by atoms with Crippen LogP contribution < -0.4 is 4.74 Å². The second-order valence-corrected chi connectivity index (χ2v) is 5.77. The minimum atomic E-state index is -0.872. The van der Waals surface area contributed by atoms with Gasteiger partial charge in [0.15, 0.2) is 0 Å². The fourth-order valence-electron chi connectivity index (χ4n) is 3.16. The summed E-state index contributed by atoms with van der Waals surface area (Å²) in [5.74, 6) is 0.548. The van der Waals surface area contributed by atoms with Crippen molar-refractivity contribution in [2.75, 3.05) is 39.9 Å². The molecule has 2 heterocycles. The van der Waals surface area contributed by atoms with E-state index in [0.29, 0.717) is 44.1 Å². The Bertz CT molecular complexity index is 643. The Balaban J connectivity index is 1.71. The van der Waals surface area contributed by atoms with E-state index < -0.39 is 6.09 Å². The van der Waals surface area contributed by atoms with Crippen molar-refractivity contribution in [2.24, 2.45) is 0 Å². The van der Waals surface area contributed by atoms with E-state index in [9.17, 15) is 4.79 Å². The van der Waals surface area contributed by atoms with Crippen LogP contribution in [0, 0.1) is 11.3 Å². The first kappa shape index (κ1) is 15.6. The number of hydrogen-bond donors (Lipinski definition) is 1. The predicted molar refractivity (Wildman–Crippen MR) is 81.4 cm³/mol. The van der Waals surface area contributed by atoms with Gasteiger partial charge in [-0.05, 0) is 17.7 Å². The average molecular weight is 317 g/mol. The first-order chi connectivity index (χ1) is 11.1. The Labute approximate surface area is 134 Å². The molecule has 2 atom stereocenters. The molecule has 0 aromatic heterocycles. The molecule has 122 valence electrons. The van der Waals surface area contributed by atoms with Crippen LogP contribution in [0.2, 0.25) is 0 Å². The minimum Gasteiger partial charge on any atom is -0.495 e. The second kappa shape index (κ2) is 6.44.